The number of carbonyl (C=O) groups is 1. The van der Waals surface area contributed by atoms with Gasteiger partial charge in [-0.05, 0) is 52.2 Å². The minimum absolute atomic E-state index is 0.0173. The van der Waals surface area contributed by atoms with Crippen LogP contribution in [0.1, 0.15) is 39.2 Å². The van der Waals surface area contributed by atoms with Crippen LogP contribution in [0.15, 0.2) is 18.2 Å². The molecule has 0 radical (unpaired) electrons. The molecule has 0 atom stereocenters. The van der Waals surface area contributed by atoms with Crippen molar-refractivity contribution in [3.8, 4) is 0 Å². The van der Waals surface area contributed by atoms with Gasteiger partial charge < -0.3 is 19.1 Å². The van der Waals surface area contributed by atoms with Gasteiger partial charge in [0.05, 0.1) is 18.9 Å². The summed E-state index contributed by atoms with van der Waals surface area (Å²) in [7, 11) is 0. The molecule has 0 spiro atoms. The van der Waals surface area contributed by atoms with Crippen LogP contribution in [0.4, 0.5) is 16.2 Å². The average Bonchev–Trinajstić information content (AvgIpc) is 3.30. The molecule has 6 heteroatoms. The zero-order chi connectivity index (χ0) is 19.0. The van der Waals surface area contributed by atoms with E-state index in [2.05, 4.69) is 11.0 Å². The van der Waals surface area contributed by atoms with Crippen molar-refractivity contribution in [3.63, 3.8) is 0 Å². The number of hydrogen-bond donors (Lipinski definition) is 0. The lowest BCUT2D eigenvalue weighted by Crippen LogP contribution is -2.38. The number of piperidine rings is 1. The number of anilines is 2. The first-order valence-electron chi connectivity index (χ1n) is 10.0. The Balaban J connectivity index is 1.46. The molecule has 2 fully saturated rings. The summed E-state index contributed by atoms with van der Waals surface area (Å²) in [5.41, 5.74) is 3.02. The molecule has 3 heterocycles. The summed E-state index contributed by atoms with van der Waals surface area (Å²) in [6.45, 7) is 9.82. The maximum Gasteiger partial charge on any atom is 0.414 e. The molecular weight excluding hydrogens is 344 g/mol. The molecule has 2 saturated heterocycles. The first kappa shape index (κ1) is 18.6. The van der Waals surface area contributed by atoms with Crippen LogP contribution in [0.3, 0.4) is 0 Å². The van der Waals surface area contributed by atoms with Gasteiger partial charge in [-0.1, -0.05) is 6.07 Å². The minimum atomic E-state index is -0.482. The highest BCUT2D eigenvalue weighted by atomic mass is 16.7. The predicted octanol–water partition coefficient (Wildman–Crippen LogP) is 3.57. The fraction of sp³-hybridized carbons (Fsp3) is 0.667. The smallest absolute Gasteiger partial charge is 0.414 e. The van der Waals surface area contributed by atoms with E-state index < -0.39 is 5.60 Å². The van der Waals surface area contributed by atoms with E-state index >= 15 is 0 Å². The van der Waals surface area contributed by atoms with Gasteiger partial charge in [0.15, 0.2) is 6.29 Å². The third-order valence-corrected chi connectivity index (χ3v) is 5.53. The molecule has 1 amide bonds. The number of amides is 1. The van der Waals surface area contributed by atoms with E-state index in [0.717, 1.165) is 51.3 Å². The highest BCUT2D eigenvalue weighted by Gasteiger charge is 2.34. The molecular formula is C21H30N2O4. The highest BCUT2D eigenvalue weighted by Crippen LogP contribution is 2.38. The fourth-order valence-corrected chi connectivity index (χ4v) is 4.28. The van der Waals surface area contributed by atoms with Gasteiger partial charge in [-0.15, -0.1) is 0 Å². The van der Waals surface area contributed by atoms with E-state index in [-0.39, 0.29) is 12.4 Å². The van der Waals surface area contributed by atoms with Crippen LogP contribution in [0, 0.1) is 5.92 Å². The normalized spacial score (nSPS) is 21.6. The van der Waals surface area contributed by atoms with Crippen LogP contribution in [-0.4, -0.2) is 50.8 Å². The van der Waals surface area contributed by atoms with E-state index in [4.69, 9.17) is 14.2 Å². The van der Waals surface area contributed by atoms with Crippen LogP contribution in [0.5, 0.6) is 0 Å². The Morgan fingerprint density at radius 2 is 1.74 bits per heavy atom. The molecule has 0 saturated carbocycles. The molecule has 0 aromatic heterocycles. The summed E-state index contributed by atoms with van der Waals surface area (Å²) in [6.07, 6.45) is 2.75. The number of carbonyl (C=O) groups excluding carboxylic acids is 1. The number of rotatable bonds is 2. The zero-order valence-electron chi connectivity index (χ0n) is 16.6. The van der Waals surface area contributed by atoms with Crippen molar-refractivity contribution in [1.82, 2.24) is 0 Å². The van der Waals surface area contributed by atoms with Crippen molar-refractivity contribution in [2.75, 3.05) is 42.6 Å². The molecule has 4 rings (SSSR count). The van der Waals surface area contributed by atoms with Gasteiger partial charge in [0.2, 0.25) is 0 Å². The summed E-state index contributed by atoms with van der Waals surface area (Å²) in [5.74, 6) is 0.485. The molecule has 0 aliphatic carbocycles. The van der Waals surface area contributed by atoms with E-state index in [0.29, 0.717) is 12.5 Å². The molecule has 3 aliphatic heterocycles. The zero-order valence-corrected chi connectivity index (χ0v) is 16.6. The number of ether oxygens (including phenoxy) is 3. The summed E-state index contributed by atoms with van der Waals surface area (Å²) in [6, 6.07) is 6.26. The third-order valence-electron chi connectivity index (χ3n) is 5.53. The fourth-order valence-electron chi connectivity index (χ4n) is 4.28. The summed E-state index contributed by atoms with van der Waals surface area (Å²) in [4.78, 5) is 16.8. The standard InChI is InChI=1S/C21H30N2O4/c1-21(2,3)27-20(24)23-12-9-16-17(5-4-6-18(16)23)22-10-7-15(8-11-22)19-25-13-14-26-19/h4-6,15,19H,7-14H2,1-3H3. The Bertz CT molecular complexity index is 686. The SMILES string of the molecule is CC(C)(C)OC(=O)N1CCc2c(N3CCC(C4OCCO4)CC3)cccc21. The second-order valence-corrected chi connectivity index (χ2v) is 8.59. The van der Waals surface area contributed by atoms with Crippen LogP contribution in [0.2, 0.25) is 0 Å². The number of benzene rings is 1. The average molecular weight is 374 g/mol. The first-order chi connectivity index (χ1) is 12.9. The van der Waals surface area contributed by atoms with Gasteiger partial charge in [-0.25, -0.2) is 4.79 Å². The van der Waals surface area contributed by atoms with Crippen molar-refractivity contribution in [3.05, 3.63) is 23.8 Å². The predicted molar refractivity (Wildman–Crippen MR) is 104 cm³/mol. The topological polar surface area (TPSA) is 51.2 Å². The summed E-state index contributed by atoms with van der Waals surface area (Å²) in [5, 5.41) is 0. The van der Waals surface area contributed by atoms with Crippen molar-refractivity contribution in [2.24, 2.45) is 5.92 Å². The van der Waals surface area contributed by atoms with Gasteiger partial charge in [0.1, 0.15) is 5.60 Å². The molecule has 1 aromatic rings. The Labute approximate surface area is 161 Å². The quantitative estimate of drug-likeness (QED) is 0.792. The first-order valence-corrected chi connectivity index (χ1v) is 10.0. The van der Waals surface area contributed by atoms with E-state index in [9.17, 15) is 4.79 Å². The van der Waals surface area contributed by atoms with Crippen LogP contribution in [-0.2, 0) is 20.6 Å². The van der Waals surface area contributed by atoms with E-state index in [1.165, 1.54) is 11.3 Å². The van der Waals surface area contributed by atoms with Crippen molar-refractivity contribution < 1.29 is 19.0 Å². The lowest BCUT2D eigenvalue weighted by Gasteiger charge is -2.36. The number of fused-ring (bicyclic) bond motifs is 1. The molecule has 1 aromatic carbocycles. The largest absolute Gasteiger partial charge is 0.443 e. The van der Waals surface area contributed by atoms with Crippen molar-refractivity contribution in [2.45, 2.75) is 51.9 Å². The summed E-state index contributed by atoms with van der Waals surface area (Å²) >= 11 is 0. The maximum absolute atomic E-state index is 12.6. The maximum atomic E-state index is 12.6. The van der Waals surface area contributed by atoms with Gasteiger partial charge in [-0.3, -0.25) is 4.90 Å². The van der Waals surface area contributed by atoms with Crippen LogP contribution < -0.4 is 9.80 Å². The Morgan fingerprint density at radius 3 is 2.41 bits per heavy atom. The molecule has 0 bridgehead atoms. The molecule has 0 unspecified atom stereocenters. The monoisotopic (exact) mass is 374 g/mol. The van der Waals surface area contributed by atoms with Crippen molar-refractivity contribution >= 4 is 17.5 Å². The van der Waals surface area contributed by atoms with Crippen LogP contribution >= 0.6 is 0 Å². The molecule has 0 N–H and O–H groups in total. The Kier molecular flexibility index (Phi) is 5.03. The molecule has 6 nitrogen and oxygen atoms in total. The third kappa shape index (κ3) is 3.92. The minimum Gasteiger partial charge on any atom is -0.443 e. The summed E-state index contributed by atoms with van der Waals surface area (Å²) < 4.78 is 17.0. The second kappa shape index (κ2) is 7.32. The van der Waals surface area contributed by atoms with Gasteiger partial charge in [-0.2, -0.15) is 0 Å². The van der Waals surface area contributed by atoms with Gasteiger partial charge in [0.25, 0.3) is 0 Å². The second-order valence-electron chi connectivity index (χ2n) is 8.59. The lowest BCUT2D eigenvalue weighted by atomic mass is 9.95. The van der Waals surface area contributed by atoms with E-state index in [1.54, 1.807) is 4.90 Å². The number of hydrogen-bond acceptors (Lipinski definition) is 5. The van der Waals surface area contributed by atoms with E-state index in [1.807, 2.05) is 32.9 Å². The Morgan fingerprint density at radius 1 is 1.07 bits per heavy atom. The molecule has 148 valence electrons. The van der Waals surface area contributed by atoms with Crippen molar-refractivity contribution in [1.29, 1.82) is 0 Å². The molecule has 3 aliphatic rings. The Hall–Kier alpha value is -1.79. The molecule has 27 heavy (non-hydrogen) atoms. The van der Waals surface area contributed by atoms with Gasteiger partial charge in [0, 0.05) is 36.8 Å². The number of nitrogens with zero attached hydrogens (tertiary/aromatic N) is 2. The van der Waals surface area contributed by atoms with Gasteiger partial charge >= 0.3 is 6.09 Å². The highest BCUT2D eigenvalue weighted by molar-refractivity contribution is 5.92. The lowest BCUT2D eigenvalue weighted by molar-refractivity contribution is -0.0889. The van der Waals surface area contributed by atoms with Crippen LogP contribution in [0.25, 0.3) is 0 Å².